The Morgan fingerprint density at radius 1 is 1.07 bits per heavy atom. The quantitative estimate of drug-likeness (QED) is 0.712. The van der Waals surface area contributed by atoms with Gasteiger partial charge in [0.1, 0.15) is 0 Å². The number of carbonyl (C=O) groups excluding carboxylic acids is 3. The summed E-state index contributed by atoms with van der Waals surface area (Å²) in [5, 5.41) is 7.92. The molecule has 0 saturated carbocycles. The molecule has 8 nitrogen and oxygen atoms in total. The maximum absolute atomic E-state index is 12.2. The average molecular weight is 369 g/mol. The molecule has 0 unspecified atom stereocenters. The molecule has 0 radical (unpaired) electrons. The highest BCUT2D eigenvalue weighted by molar-refractivity contribution is 6.02. The summed E-state index contributed by atoms with van der Waals surface area (Å²) >= 11 is 0. The van der Waals surface area contributed by atoms with E-state index in [1.807, 2.05) is 0 Å². The molecule has 0 spiro atoms. The molecule has 0 fully saturated rings. The van der Waals surface area contributed by atoms with Crippen LogP contribution in [-0.4, -0.2) is 38.5 Å². The van der Waals surface area contributed by atoms with Gasteiger partial charge in [0.15, 0.2) is 11.5 Å². The van der Waals surface area contributed by atoms with E-state index in [0.29, 0.717) is 34.9 Å². The number of methoxy groups -OCH3 is 2. The Labute approximate surface area is 155 Å². The van der Waals surface area contributed by atoms with Gasteiger partial charge in [0.05, 0.1) is 20.8 Å². The van der Waals surface area contributed by atoms with E-state index in [1.165, 1.54) is 20.3 Å². The minimum atomic E-state index is -0.417. The monoisotopic (exact) mass is 369 g/mol. The fourth-order valence-corrected chi connectivity index (χ4v) is 2.74. The predicted octanol–water partition coefficient (Wildman–Crippen LogP) is 1.32. The van der Waals surface area contributed by atoms with E-state index in [-0.39, 0.29) is 12.5 Å². The van der Waals surface area contributed by atoms with Crippen molar-refractivity contribution in [1.29, 1.82) is 0 Å². The molecule has 3 N–H and O–H groups in total. The molecule has 2 aromatic carbocycles. The molecule has 0 aliphatic carbocycles. The zero-order valence-electron chi connectivity index (χ0n) is 14.9. The van der Waals surface area contributed by atoms with Crippen LogP contribution >= 0.6 is 0 Å². The van der Waals surface area contributed by atoms with Crippen LogP contribution in [0.1, 0.15) is 26.3 Å². The van der Waals surface area contributed by atoms with Crippen LogP contribution in [0.15, 0.2) is 36.4 Å². The first-order chi connectivity index (χ1) is 13.0. The lowest BCUT2D eigenvalue weighted by atomic mass is 10.1. The molecule has 0 atom stereocenters. The van der Waals surface area contributed by atoms with Crippen molar-refractivity contribution in [2.45, 2.75) is 6.54 Å². The number of ether oxygens (including phenoxy) is 2. The van der Waals surface area contributed by atoms with Crippen molar-refractivity contribution in [1.82, 2.24) is 10.6 Å². The molecule has 1 heterocycles. The maximum Gasteiger partial charge on any atom is 0.251 e. The lowest BCUT2D eigenvalue weighted by molar-refractivity contribution is -0.115. The number of rotatable bonds is 6. The average Bonchev–Trinajstić information content (AvgIpc) is 3.06. The van der Waals surface area contributed by atoms with E-state index in [9.17, 15) is 14.4 Å². The van der Waals surface area contributed by atoms with Crippen molar-refractivity contribution in [2.75, 3.05) is 26.1 Å². The highest BCUT2D eigenvalue weighted by Gasteiger charge is 2.19. The van der Waals surface area contributed by atoms with E-state index < -0.39 is 11.8 Å². The van der Waals surface area contributed by atoms with Gasteiger partial charge in [0.2, 0.25) is 5.91 Å². The van der Waals surface area contributed by atoms with Gasteiger partial charge < -0.3 is 25.4 Å². The summed E-state index contributed by atoms with van der Waals surface area (Å²) < 4.78 is 10.3. The smallest absolute Gasteiger partial charge is 0.251 e. The molecule has 8 heteroatoms. The minimum Gasteiger partial charge on any atom is -0.493 e. The van der Waals surface area contributed by atoms with E-state index >= 15 is 0 Å². The van der Waals surface area contributed by atoms with E-state index in [4.69, 9.17) is 9.47 Å². The SMILES string of the molecule is COc1ccc(C(=O)NCC(=O)Nc2ccc3c(c2)C(=O)NC3)cc1OC. The van der Waals surface area contributed by atoms with Crippen molar-refractivity contribution < 1.29 is 23.9 Å². The fourth-order valence-electron chi connectivity index (χ4n) is 2.74. The third-order valence-corrected chi connectivity index (χ3v) is 4.13. The van der Waals surface area contributed by atoms with Gasteiger partial charge in [-0.25, -0.2) is 0 Å². The third kappa shape index (κ3) is 4.00. The zero-order chi connectivity index (χ0) is 19.4. The zero-order valence-corrected chi connectivity index (χ0v) is 14.9. The third-order valence-electron chi connectivity index (χ3n) is 4.13. The summed E-state index contributed by atoms with van der Waals surface area (Å²) in [5.74, 6) is -0.0528. The molecule has 3 rings (SSSR count). The molecule has 1 aliphatic heterocycles. The molecule has 0 aromatic heterocycles. The van der Waals surface area contributed by atoms with Gasteiger partial charge in [-0.3, -0.25) is 14.4 Å². The molecule has 0 saturated heterocycles. The number of hydrogen-bond donors (Lipinski definition) is 3. The number of nitrogens with one attached hydrogen (secondary N) is 3. The molecule has 0 bridgehead atoms. The van der Waals surface area contributed by atoms with E-state index in [0.717, 1.165) is 5.56 Å². The summed E-state index contributed by atoms with van der Waals surface area (Å²) in [6.07, 6.45) is 0. The van der Waals surface area contributed by atoms with Crippen LogP contribution in [0.2, 0.25) is 0 Å². The summed E-state index contributed by atoms with van der Waals surface area (Å²) in [6, 6.07) is 9.84. The highest BCUT2D eigenvalue weighted by atomic mass is 16.5. The van der Waals surface area contributed by atoms with Crippen LogP contribution in [0.3, 0.4) is 0 Å². The Bertz CT molecular complexity index is 910. The maximum atomic E-state index is 12.2. The van der Waals surface area contributed by atoms with Gasteiger partial charge in [0, 0.05) is 23.4 Å². The lowest BCUT2D eigenvalue weighted by Gasteiger charge is -2.10. The summed E-state index contributed by atoms with van der Waals surface area (Å²) in [5.41, 5.74) is 2.27. The second-order valence-electron chi connectivity index (χ2n) is 5.86. The van der Waals surface area contributed by atoms with E-state index in [1.54, 1.807) is 30.3 Å². The fraction of sp³-hybridized carbons (Fsp3) is 0.211. The normalized spacial score (nSPS) is 12.0. The van der Waals surface area contributed by atoms with Crippen molar-refractivity contribution in [3.8, 4) is 11.5 Å². The van der Waals surface area contributed by atoms with Gasteiger partial charge >= 0.3 is 0 Å². The predicted molar refractivity (Wildman–Crippen MR) is 98.1 cm³/mol. The van der Waals surface area contributed by atoms with Crippen molar-refractivity contribution in [3.05, 3.63) is 53.1 Å². The lowest BCUT2D eigenvalue weighted by Crippen LogP contribution is -2.32. The highest BCUT2D eigenvalue weighted by Crippen LogP contribution is 2.27. The first kappa shape index (κ1) is 18.2. The Morgan fingerprint density at radius 3 is 2.59 bits per heavy atom. The molecular weight excluding hydrogens is 350 g/mol. The standard InChI is InChI=1S/C19H19N3O5/c1-26-15-6-4-11(7-16(15)27-2)18(24)21-10-17(23)22-13-5-3-12-9-20-19(25)14(12)8-13/h3-8H,9-10H2,1-2H3,(H,20,25)(H,21,24)(H,22,23). The molecule has 140 valence electrons. The van der Waals surface area contributed by atoms with Gasteiger partial charge in [-0.2, -0.15) is 0 Å². The van der Waals surface area contributed by atoms with Crippen LogP contribution in [0.25, 0.3) is 0 Å². The van der Waals surface area contributed by atoms with Crippen molar-refractivity contribution >= 4 is 23.4 Å². The number of benzene rings is 2. The Hall–Kier alpha value is -3.55. The largest absolute Gasteiger partial charge is 0.493 e. The summed E-state index contributed by atoms with van der Waals surface area (Å²) in [4.78, 5) is 36.0. The Balaban J connectivity index is 1.58. The second-order valence-corrected chi connectivity index (χ2v) is 5.86. The number of carbonyl (C=O) groups is 3. The first-order valence-electron chi connectivity index (χ1n) is 8.23. The van der Waals surface area contributed by atoms with Crippen LogP contribution in [0.5, 0.6) is 11.5 Å². The van der Waals surface area contributed by atoms with E-state index in [2.05, 4.69) is 16.0 Å². The number of hydrogen-bond acceptors (Lipinski definition) is 5. The van der Waals surface area contributed by atoms with Crippen LogP contribution < -0.4 is 25.4 Å². The molecule has 27 heavy (non-hydrogen) atoms. The molecule has 1 aliphatic rings. The van der Waals surface area contributed by atoms with Gasteiger partial charge in [-0.05, 0) is 35.9 Å². The molecular formula is C19H19N3O5. The number of anilines is 1. The topological polar surface area (TPSA) is 106 Å². The number of amides is 3. The van der Waals surface area contributed by atoms with Crippen LogP contribution in [0, 0.1) is 0 Å². The van der Waals surface area contributed by atoms with Crippen LogP contribution in [-0.2, 0) is 11.3 Å². The Kier molecular flexibility index (Phi) is 5.25. The minimum absolute atomic E-state index is 0.164. The van der Waals surface area contributed by atoms with Gasteiger partial charge in [-0.1, -0.05) is 6.07 Å². The second kappa shape index (κ2) is 7.77. The molecule has 2 aromatic rings. The van der Waals surface area contributed by atoms with Gasteiger partial charge in [0.25, 0.3) is 11.8 Å². The van der Waals surface area contributed by atoms with Gasteiger partial charge in [-0.15, -0.1) is 0 Å². The molecule has 3 amide bonds. The van der Waals surface area contributed by atoms with Crippen molar-refractivity contribution in [2.24, 2.45) is 0 Å². The number of fused-ring (bicyclic) bond motifs is 1. The first-order valence-corrected chi connectivity index (χ1v) is 8.23. The Morgan fingerprint density at radius 2 is 1.85 bits per heavy atom. The summed E-state index contributed by atoms with van der Waals surface area (Å²) in [7, 11) is 2.98. The summed E-state index contributed by atoms with van der Waals surface area (Å²) in [6.45, 7) is 0.278. The van der Waals surface area contributed by atoms with Crippen LogP contribution in [0.4, 0.5) is 5.69 Å². The van der Waals surface area contributed by atoms with Crippen molar-refractivity contribution in [3.63, 3.8) is 0 Å².